The lowest BCUT2D eigenvalue weighted by Gasteiger charge is -2.32. The van der Waals surface area contributed by atoms with Crippen LogP contribution in [0.2, 0.25) is 0 Å². The molecule has 1 aromatic rings. The molecule has 1 atom stereocenters. The Kier molecular flexibility index (Phi) is 4.18. The van der Waals surface area contributed by atoms with E-state index in [0.717, 1.165) is 12.8 Å². The van der Waals surface area contributed by atoms with Crippen molar-refractivity contribution in [3.8, 4) is 0 Å². The Morgan fingerprint density at radius 2 is 2.29 bits per heavy atom. The van der Waals surface area contributed by atoms with E-state index in [1.165, 1.54) is 17.7 Å². The van der Waals surface area contributed by atoms with Crippen LogP contribution in [0.15, 0.2) is 17.5 Å². The summed E-state index contributed by atoms with van der Waals surface area (Å²) in [5.74, 6) is -0.722. The fourth-order valence-corrected chi connectivity index (χ4v) is 3.47. The lowest BCUT2D eigenvalue weighted by Crippen LogP contribution is -2.39. The molecule has 0 amide bonds. The van der Waals surface area contributed by atoms with Crippen molar-refractivity contribution in [1.29, 1.82) is 0 Å². The highest BCUT2D eigenvalue weighted by molar-refractivity contribution is 7.10. The van der Waals surface area contributed by atoms with Crippen molar-refractivity contribution < 1.29 is 9.90 Å². The van der Waals surface area contributed by atoms with E-state index >= 15 is 0 Å². The maximum Gasteiger partial charge on any atom is 0.317 e. The summed E-state index contributed by atoms with van der Waals surface area (Å²) in [4.78, 5) is 14.4. The summed E-state index contributed by atoms with van der Waals surface area (Å²) >= 11 is 1.71. The molecule has 1 aromatic heterocycles. The van der Waals surface area contributed by atoms with Gasteiger partial charge in [0.15, 0.2) is 0 Å². The van der Waals surface area contributed by atoms with Crippen molar-refractivity contribution in [1.82, 2.24) is 4.90 Å². The summed E-state index contributed by atoms with van der Waals surface area (Å²) in [6, 6.07) is 4.79. The fraction of sp³-hybridized carbons (Fsp3) is 0.615. The molecule has 1 unspecified atom stereocenters. The minimum Gasteiger partial charge on any atom is -0.480 e. The van der Waals surface area contributed by atoms with Crippen LogP contribution < -0.4 is 0 Å². The van der Waals surface area contributed by atoms with E-state index < -0.39 is 5.97 Å². The Hall–Kier alpha value is -0.870. The van der Waals surface area contributed by atoms with Crippen molar-refractivity contribution in [3.05, 3.63) is 22.4 Å². The SMILES string of the molecule is CC(c1cccs1)N(CC(=O)O)C1CCCC1. The first-order chi connectivity index (χ1) is 8.18. The van der Waals surface area contributed by atoms with Crippen LogP contribution in [-0.2, 0) is 4.79 Å². The van der Waals surface area contributed by atoms with Crippen molar-refractivity contribution in [2.24, 2.45) is 0 Å². The van der Waals surface area contributed by atoms with Crippen molar-refractivity contribution >= 4 is 17.3 Å². The largest absolute Gasteiger partial charge is 0.480 e. The molecule has 94 valence electrons. The van der Waals surface area contributed by atoms with Gasteiger partial charge in [-0.2, -0.15) is 0 Å². The van der Waals surface area contributed by atoms with Gasteiger partial charge in [-0.1, -0.05) is 18.9 Å². The number of hydrogen-bond donors (Lipinski definition) is 1. The number of rotatable bonds is 5. The van der Waals surface area contributed by atoms with Gasteiger partial charge in [0.25, 0.3) is 0 Å². The number of carboxylic acids is 1. The number of carbonyl (C=O) groups is 1. The predicted octanol–water partition coefficient (Wildman–Crippen LogP) is 3.14. The Labute approximate surface area is 106 Å². The highest BCUT2D eigenvalue weighted by atomic mass is 32.1. The van der Waals surface area contributed by atoms with E-state index in [-0.39, 0.29) is 12.6 Å². The minimum absolute atomic E-state index is 0.156. The molecule has 0 radical (unpaired) electrons. The normalized spacial score (nSPS) is 18.7. The third kappa shape index (κ3) is 3.07. The Balaban J connectivity index is 2.11. The zero-order valence-corrected chi connectivity index (χ0v) is 10.9. The second kappa shape index (κ2) is 5.65. The molecule has 1 aliphatic rings. The van der Waals surface area contributed by atoms with Gasteiger partial charge in [0.2, 0.25) is 0 Å². The summed E-state index contributed by atoms with van der Waals surface area (Å²) < 4.78 is 0. The van der Waals surface area contributed by atoms with Crippen LogP contribution in [-0.4, -0.2) is 28.6 Å². The van der Waals surface area contributed by atoms with E-state index in [0.29, 0.717) is 6.04 Å². The van der Waals surface area contributed by atoms with Gasteiger partial charge in [-0.25, -0.2) is 0 Å². The van der Waals surface area contributed by atoms with Crippen LogP contribution in [0.3, 0.4) is 0 Å². The van der Waals surface area contributed by atoms with Gasteiger partial charge < -0.3 is 5.11 Å². The average Bonchev–Trinajstić information content (AvgIpc) is 2.96. The summed E-state index contributed by atoms with van der Waals surface area (Å²) in [6.07, 6.45) is 4.75. The van der Waals surface area contributed by atoms with Gasteiger partial charge in [0.05, 0.1) is 6.54 Å². The van der Waals surface area contributed by atoms with Gasteiger partial charge in [-0.05, 0) is 31.2 Å². The molecule has 1 heterocycles. The molecule has 17 heavy (non-hydrogen) atoms. The number of carboxylic acid groups (broad SMARTS) is 1. The van der Waals surface area contributed by atoms with Gasteiger partial charge in [0, 0.05) is 17.0 Å². The van der Waals surface area contributed by atoms with Crippen LogP contribution >= 0.6 is 11.3 Å². The summed E-state index contributed by atoms with van der Waals surface area (Å²) in [5, 5.41) is 11.1. The van der Waals surface area contributed by atoms with Crippen LogP contribution in [0.25, 0.3) is 0 Å². The molecule has 2 rings (SSSR count). The van der Waals surface area contributed by atoms with E-state index in [1.54, 1.807) is 11.3 Å². The quantitative estimate of drug-likeness (QED) is 0.876. The molecular formula is C13H19NO2S. The zero-order valence-electron chi connectivity index (χ0n) is 10.1. The third-order valence-electron chi connectivity index (χ3n) is 3.56. The van der Waals surface area contributed by atoms with E-state index in [1.807, 2.05) is 6.07 Å². The summed E-state index contributed by atoms with van der Waals surface area (Å²) in [7, 11) is 0. The van der Waals surface area contributed by atoms with E-state index in [9.17, 15) is 4.79 Å². The maximum absolute atomic E-state index is 11.0. The molecule has 0 bridgehead atoms. The second-order valence-corrected chi connectivity index (χ2v) is 5.68. The van der Waals surface area contributed by atoms with E-state index in [4.69, 9.17) is 5.11 Å². The second-order valence-electron chi connectivity index (χ2n) is 4.70. The van der Waals surface area contributed by atoms with Gasteiger partial charge >= 0.3 is 5.97 Å². The first-order valence-electron chi connectivity index (χ1n) is 6.19. The molecule has 1 saturated carbocycles. The highest BCUT2D eigenvalue weighted by Crippen LogP contribution is 2.32. The lowest BCUT2D eigenvalue weighted by atomic mass is 10.1. The molecular weight excluding hydrogens is 234 g/mol. The fourth-order valence-electron chi connectivity index (χ4n) is 2.67. The summed E-state index contributed by atoms with van der Waals surface area (Å²) in [5.41, 5.74) is 0. The topological polar surface area (TPSA) is 40.5 Å². The Morgan fingerprint density at radius 3 is 2.82 bits per heavy atom. The van der Waals surface area contributed by atoms with Gasteiger partial charge in [-0.3, -0.25) is 9.69 Å². The van der Waals surface area contributed by atoms with Crippen LogP contribution in [0.4, 0.5) is 0 Å². The van der Waals surface area contributed by atoms with Crippen molar-refractivity contribution in [2.75, 3.05) is 6.54 Å². The Bertz CT molecular complexity index is 358. The smallest absolute Gasteiger partial charge is 0.317 e. The van der Waals surface area contributed by atoms with E-state index in [2.05, 4.69) is 23.3 Å². The molecule has 0 saturated heterocycles. The standard InChI is InChI=1S/C13H19NO2S/c1-10(12-7-4-8-17-12)14(9-13(15)16)11-5-2-3-6-11/h4,7-8,10-11H,2-3,5-6,9H2,1H3,(H,15,16). The molecule has 0 aliphatic heterocycles. The number of thiophene rings is 1. The van der Waals surface area contributed by atoms with Crippen LogP contribution in [0.5, 0.6) is 0 Å². The third-order valence-corrected chi connectivity index (χ3v) is 4.61. The molecule has 1 N–H and O–H groups in total. The van der Waals surface area contributed by atoms with Crippen molar-refractivity contribution in [2.45, 2.75) is 44.7 Å². The number of hydrogen-bond acceptors (Lipinski definition) is 3. The molecule has 3 nitrogen and oxygen atoms in total. The average molecular weight is 253 g/mol. The first kappa shape index (κ1) is 12.6. The summed E-state index contributed by atoms with van der Waals surface area (Å²) in [6.45, 7) is 2.27. The molecule has 1 fully saturated rings. The maximum atomic E-state index is 11.0. The minimum atomic E-state index is -0.722. The predicted molar refractivity (Wildman–Crippen MR) is 69.3 cm³/mol. The van der Waals surface area contributed by atoms with Gasteiger partial charge in [0.1, 0.15) is 0 Å². The van der Waals surface area contributed by atoms with Crippen LogP contribution in [0.1, 0.15) is 43.5 Å². The number of aliphatic carboxylic acids is 1. The Morgan fingerprint density at radius 1 is 1.59 bits per heavy atom. The lowest BCUT2D eigenvalue weighted by molar-refractivity contribution is -0.139. The number of nitrogens with zero attached hydrogens (tertiary/aromatic N) is 1. The molecule has 0 aromatic carbocycles. The first-order valence-corrected chi connectivity index (χ1v) is 7.07. The highest BCUT2D eigenvalue weighted by Gasteiger charge is 2.29. The monoisotopic (exact) mass is 253 g/mol. The van der Waals surface area contributed by atoms with Crippen molar-refractivity contribution in [3.63, 3.8) is 0 Å². The molecule has 4 heteroatoms. The molecule has 0 spiro atoms. The zero-order chi connectivity index (χ0) is 12.3. The van der Waals surface area contributed by atoms with Crippen LogP contribution in [0, 0.1) is 0 Å². The van der Waals surface area contributed by atoms with Gasteiger partial charge in [-0.15, -0.1) is 11.3 Å². The molecule has 1 aliphatic carbocycles.